The largest absolute Gasteiger partial charge is 0.413 e. The van der Waals surface area contributed by atoms with Gasteiger partial charge in [-0.25, -0.2) is 0 Å². The Morgan fingerprint density at radius 2 is 2.00 bits per heavy atom. The molecule has 17 heavy (non-hydrogen) atoms. The maximum absolute atomic E-state index is 9.45. The van der Waals surface area contributed by atoms with Gasteiger partial charge in [0.1, 0.15) is 0 Å². The summed E-state index contributed by atoms with van der Waals surface area (Å²) >= 11 is 0. The van der Waals surface area contributed by atoms with E-state index in [2.05, 4.69) is 40.4 Å². The lowest BCUT2D eigenvalue weighted by molar-refractivity contribution is 0.0588. The van der Waals surface area contributed by atoms with Crippen LogP contribution >= 0.6 is 0 Å². The predicted octanol–water partition coefficient (Wildman–Crippen LogP) is 3.73. The van der Waals surface area contributed by atoms with Crippen LogP contribution in [-0.2, 0) is 4.43 Å². The first-order valence-corrected chi connectivity index (χ1v) is 9.53. The van der Waals surface area contributed by atoms with E-state index in [0.717, 1.165) is 19.3 Å². The molecule has 0 heterocycles. The van der Waals surface area contributed by atoms with Crippen LogP contribution in [0.2, 0.25) is 18.1 Å². The van der Waals surface area contributed by atoms with Gasteiger partial charge in [0.25, 0.3) is 0 Å². The van der Waals surface area contributed by atoms with Gasteiger partial charge < -0.3 is 9.53 Å². The van der Waals surface area contributed by atoms with Crippen molar-refractivity contribution >= 4 is 8.32 Å². The first-order chi connectivity index (χ1) is 7.67. The van der Waals surface area contributed by atoms with Crippen LogP contribution in [0.25, 0.3) is 0 Å². The van der Waals surface area contributed by atoms with E-state index in [1.807, 2.05) is 0 Å². The van der Waals surface area contributed by atoms with E-state index in [1.165, 1.54) is 5.57 Å². The Morgan fingerprint density at radius 3 is 2.47 bits per heavy atom. The minimum Gasteiger partial charge on any atom is -0.413 e. The summed E-state index contributed by atoms with van der Waals surface area (Å²) in [5.41, 5.74) is 1.28. The number of rotatable bonds is 3. The van der Waals surface area contributed by atoms with Gasteiger partial charge in [0.15, 0.2) is 8.32 Å². The molecule has 0 radical (unpaired) electrons. The Labute approximate surface area is 107 Å². The molecule has 1 saturated carbocycles. The monoisotopic (exact) mass is 256 g/mol. The molecule has 2 nitrogen and oxygen atoms in total. The second kappa shape index (κ2) is 5.25. The molecule has 0 aromatic carbocycles. The Hall–Kier alpha value is -0.123. The van der Waals surface area contributed by atoms with E-state index >= 15 is 0 Å². The fraction of sp³-hybridized carbons (Fsp3) is 0.857. The van der Waals surface area contributed by atoms with Crippen LogP contribution in [0.5, 0.6) is 0 Å². The highest BCUT2D eigenvalue weighted by Gasteiger charge is 2.41. The number of hydrogen-bond acceptors (Lipinski definition) is 2. The Morgan fingerprint density at radius 1 is 1.41 bits per heavy atom. The standard InChI is InChI=1S/C14H28O2Si/c1-11-7-8-12(10-15)13(9-11)16-17(5,6)14(2,3)4/h12-13,15H,1,7-10H2,2-6H3/t12-,13+/m1/s1. The van der Waals surface area contributed by atoms with Gasteiger partial charge in [0.2, 0.25) is 0 Å². The molecule has 1 rings (SSSR count). The van der Waals surface area contributed by atoms with Gasteiger partial charge in [-0.3, -0.25) is 0 Å². The van der Waals surface area contributed by atoms with Crippen molar-refractivity contribution in [3.63, 3.8) is 0 Å². The predicted molar refractivity (Wildman–Crippen MR) is 75.6 cm³/mol. The Balaban J connectivity index is 2.73. The average molecular weight is 256 g/mol. The van der Waals surface area contributed by atoms with Crippen molar-refractivity contribution in [2.75, 3.05) is 6.61 Å². The van der Waals surface area contributed by atoms with E-state index in [1.54, 1.807) is 0 Å². The molecule has 0 amide bonds. The molecule has 1 aliphatic carbocycles. The van der Waals surface area contributed by atoms with Crippen molar-refractivity contribution in [1.29, 1.82) is 0 Å². The maximum Gasteiger partial charge on any atom is 0.192 e. The average Bonchev–Trinajstić information content (AvgIpc) is 2.15. The lowest BCUT2D eigenvalue weighted by atomic mass is 9.85. The molecule has 2 atom stereocenters. The summed E-state index contributed by atoms with van der Waals surface area (Å²) in [5, 5.41) is 9.68. The van der Waals surface area contributed by atoms with Gasteiger partial charge in [-0.05, 0) is 37.4 Å². The first-order valence-electron chi connectivity index (χ1n) is 6.62. The Kier molecular flexibility index (Phi) is 4.61. The van der Waals surface area contributed by atoms with Crippen molar-refractivity contribution < 1.29 is 9.53 Å². The van der Waals surface area contributed by atoms with E-state index in [0.29, 0.717) is 5.92 Å². The molecule has 1 fully saturated rings. The SMILES string of the molecule is C=C1CC[C@H](CO)[C@@H](O[Si](C)(C)C(C)(C)C)C1. The third-order valence-corrected chi connectivity index (χ3v) is 8.88. The molecular formula is C14H28O2Si. The smallest absolute Gasteiger partial charge is 0.192 e. The highest BCUT2D eigenvalue weighted by Crippen LogP contribution is 2.40. The van der Waals surface area contributed by atoms with Gasteiger partial charge in [-0.2, -0.15) is 0 Å². The molecule has 0 aromatic heterocycles. The highest BCUT2D eigenvalue weighted by atomic mass is 28.4. The van der Waals surface area contributed by atoms with Gasteiger partial charge in [-0.15, -0.1) is 0 Å². The van der Waals surface area contributed by atoms with Gasteiger partial charge in [0, 0.05) is 12.5 Å². The van der Waals surface area contributed by atoms with E-state index in [4.69, 9.17) is 4.43 Å². The van der Waals surface area contributed by atoms with Crippen LogP contribution in [-0.4, -0.2) is 26.1 Å². The summed E-state index contributed by atoms with van der Waals surface area (Å²) < 4.78 is 6.44. The summed E-state index contributed by atoms with van der Waals surface area (Å²) in [5.74, 6) is 0.301. The molecule has 100 valence electrons. The minimum absolute atomic E-state index is 0.183. The molecule has 0 spiro atoms. The van der Waals surface area contributed by atoms with Gasteiger partial charge in [0.05, 0.1) is 6.10 Å². The molecule has 0 bridgehead atoms. The molecule has 0 unspecified atom stereocenters. The zero-order valence-electron chi connectivity index (χ0n) is 12.0. The van der Waals surface area contributed by atoms with Crippen molar-refractivity contribution in [1.82, 2.24) is 0 Å². The number of aliphatic hydroxyl groups excluding tert-OH is 1. The lowest BCUT2D eigenvalue weighted by Gasteiger charge is -2.43. The van der Waals surface area contributed by atoms with Crippen LogP contribution in [0.1, 0.15) is 40.0 Å². The second-order valence-corrected chi connectivity index (χ2v) is 11.6. The normalized spacial score (nSPS) is 27.3. The van der Waals surface area contributed by atoms with Crippen molar-refractivity contribution in [3.8, 4) is 0 Å². The van der Waals surface area contributed by atoms with Crippen LogP contribution in [0, 0.1) is 5.92 Å². The van der Waals surface area contributed by atoms with Gasteiger partial charge in [-0.1, -0.05) is 32.9 Å². The lowest BCUT2D eigenvalue weighted by Crippen LogP contribution is -2.47. The first kappa shape index (κ1) is 14.9. The van der Waals surface area contributed by atoms with Crippen molar-refractivity contribution in [3.05, 3.63) is 12.2 Å². The molecule has 0 aliphatic heterocycles. The Bertz CT molecular complexity index is 278. The van der Waals surface area contributed by atoms with Crippen LogP contribution in [0.4, 0.5) is 0 Å². The molecule has 0 saturated heterocycles. The molecule has 1 N–H and O–H groups in total. The number of aliphatic hydroxyl groups is 1. The third kappa shape index (κ3) is 3.67. The topological polar surface area (TPSA) is 29.5 Å². The minimum atomic E-state index is -1.73. The quantitative estimate of drug-likeness (QED) is 0.616. The second-order valence-electron chi connectivity index (χ2n) is 6.85. The van der Waals surface area contributed by atoms with Crippen molar-refractivity contribution in [2.45, 2.75) is 64.3 Å². The summed E-state index contributed by atoms with van der Waals surface area (Å²) in [6.45, 7) is 15.6. The molecule has 3 heteroatoms. The van der Waals surface area contributed by atoms with Crippen LogP contribution in [0.15, 0.2) is 12.2 Å². The van der Waals surface area contributed by atoms with E-state index in [9.17, 15) is 5.11 Å². The van der Waals surface area contributed by atoms with Gasteiger partial charge >= 0.3 is 0 Å². The third-order valence-electron chi connectivity index (χ3n) is 4.37. The van der Waals surface area contributed by atoms with E-state index < -0.39 is 8.32 Å². The number of hydrogen-bond donors (Lipinski definition) is 1. The fourth-order valence-electron chi connectivity index (χ4n) is 2.03. The molecule has 1 aliphatic rings. The highest BCUT2D eigenvalue weighted by molar-refractivity contribution is 6.74. The zero-order chi connectivity index (χ0) is 13.3. The molecule has 0 aromatic rings. The van der Waals surface area contributed by atoms with Crippen molar-refractivity contribution in [2.24, 2.45) is 5.92 Å². The zero-order valence-corrected chi connectivity index (χ0v) is 13.0. The van der Waals surface area contributed by atoms with Crippen LogP contribution in [0.3, 0.4) is 0 Å². The summed E-state index contributed by atoms with van der Waals surface area (Å²) in [4.78, 5) is 0. The maximum atomic E-state index is 9.45. The molecular weight excluding hydrogens is 228 g/mol. The summed E-state index contributed by atoms with van der Waals surface area (Å²) in [6.07, 6.45) is 3.18. The summed E-state index contributed by atoms with van der Waals surface area (Å²) in [6, 6.07) is 0. The fourth-order valence-corrected chi connectivity index (χ4v) is 3.42. The summed E-state index contributed by atoms with van der Waals surface area (Å²) in [7, 11) is -1.73. The van der Waals surface area contributed by atoms with Crippen LogP contribution < -0.4 is 0 Å². The van der Waals surface area contributed by atoms with E-state index in [-0.39, 0.29) is 17.7 Å².